The first-order valence-electron chi connectivity index (χ1n) is 9.91. The number of alkyl halides is 1. The average Bonchev–Trinajstić information content (AvgIpc) is 2.75. The van der Waals surface area contributed by atoms with Crippen LogP contribution in [0.2, 0.25) is 10.0 Å². The Hall–Kier alpha value is -1.67. The Morgan fingerprint density at radius 3 is 2.09 bits per heavy atom. The second-order valence-corrected chi connectivity index (χ2v) is 10.3. The lowest BCUT2D eigenvalue weighted by molar-refractivity contribution is -0.146. The van der Waals surface area contributed by atoms with Gasteiger partial charge in [-0.2, -0.15) is 0 Å². The molecule has 6 nitrogen and oxygen atoms in total. The second kappa shape index (κ2) is 12.0. The number of benzene rings is 2. The van der Waals surface area contributed by atoms with E-state index in [4.69, 9.17) is 49.0 Å². The molecule has 2 rings (SSSR count). The molecule has 0 aliphatic rings. The summed E-state index contributed by atoms with van der Waals surface area (Å²) < 4.78 is 42.3. The van der Waals surface area contributed by atoms with Crippen molar-refractivity contribution < 1.29 is 27.4 Å². The number of rotatable bonds is 11. The molecule has 0 aliphatic heterocycles. The van der Waals surface area contributed by atoms with Gasteiger partial charge in [-0.3, -0.25) is 4.79 Å². The van der Waals surface area contributed by atoms with E-state index < -0.39 is 21.9 Å². The van der Waals surface area contributed by atoms with Crippen LogP contribution in [-0.4, -0.2) is 39.6 Å². The van der Waals surface area contributed by atoms with Crippen LogP contribution in [0.25, 0.3) is 0 Å². The van der Waals surface area contributed by atoms with Crippen molar-refractivity contribution in [1.82, 2.24) is 0 Å². The van der Waals surface area contributed by atoms with Crippen LogP contribution in [0.1, 0.15) is 27.2 Å². The highest BCUT2D eigenvalue weighted by Gasteiger charge is 2.22. The van der Waals surface area contributed by atoms with Crippen LogP contribution in [-0.2, 0) is 19.4 Å². The SMILES string of the molecule is CC[C@@H](C)COc1ccc(S(=O)(=O)c2cc(Cl)c(OC[C@@H](CCl)OC(C)=O)c(Cl)c2)cc1. The molecule has 32 heavy (non-hydrogen) atoms. The molecule has 0 bridgehead atoms. The largest absolute Gasteiger partial charge is 0.493 e. The van der Waals surface area contributed by atoms with Crippen molar-refractivity contribution in [2.45, 2.75) is 43.1 Å². The fourth-order valence-electron chi connectivity index (χ4n) is 2.56. The quantitative estimate of drug-likeness (QED) is 0.273. The monoisotopic (exact) mass is 522 g/mol. The van der Waals surface area contributed by atoms with Crippen LogP contribution < -0.4 is 9.47 Å². The Kier molecular flexibility index (Phi) is 9.95. The molecule has 2 atom stereocenters. The zero-order chi connectivity index (χ0) is 23.9. The summed E-state index contributed by atoms with van der Waals surface area (Å²) in [5.74, 6) is 0.568. The molecule has 2 aromatic rings. The third-order valence-corrected chi connectivity index (χ3v) is 7.22. The molecule has 0 spiro atoms. The van der Waals surface area contributed by atoms with E-state index in [0.717, 1.165) is 6.42 Å². The summed E-state index contributed by atoms with van der Waals surface area (Å²) in [5.41, 5.74) is 0. The summed E-state index contributed by atoms with van der Waals surface area (Å²) in [6.07, 6.45) is 0.287. The van der Waals surface area contributed by atoms with Crippen molar-refractivity contribution in [3.05, 3.63) is 46.4 Å². The van der Waals surface area contributed by atoms with E-state index in [0.29, 0.717) is 18.3 Å². The van der Waals surface area contributed by atoms with Gasteiger partial charge in [-0.15, -0.1) is 11.6 Å². The second-order valence-electron chi connectivity index (χ2n) is 7.21. The highest BCUT2D eigenvalue weighted by Crippen LogP contribution is 2.37. The lowest BCUT2D eigenvalue weighted by Gasteiger charge is -2.17. The number of carbonyl (C=O) groups excluding carboxylic acids is 1. The van der Waals surface area contributed by atoms with Crippen LogP contribution in [0.3, 0.4) is 0 Å². The summed E-state index contributed by atoms with van der Waals surface area (Å²) >= 11 is 18.2. The van der Waals surface area contributed by atoms with Crippen molar-refractivity contribution in [3.63, 3.8) is 0 Å². The zero-order valence-electron chi connectivity index (χ0n) is 17.9. The highest BCUT2D eigenvalue weighted by atomic mass is 35.5. The molecule has 0 saturated heterocycles. The van der Waals surface area contributed by atoms with Gasteiger partial charge in [-0.1, -0.05) is 43.5 Å². The van der Waals surface area contributed by atoms with Crippen molar-refractivity contribution >= 4 is 50.6 Å². The maximum absolute atomic E-state index is 13.0. The third-order valence-electron chi connectivity index (χ3n) is 4.57. The van der Waals surface area contributed by atoms with E-state index in [1.165, 1.54) is 31.2 Å². The fraction of sp³-hybridized carbons (Fsp3) is 0.409. The minimum atomic E-state index is -3.88. The first kappa shape index (κ1) is 26.6. The molecule has 0 aliphatic carbocycles. The fourth-order valence-corrected chi connectivity index (χ4v) is 4.75. The van der Waals surface area contributed by atoms with Gasteiger partial charge in [0.25, 0.3) is 0 Å². The molecule has 176 valence electrons. The topological polar surface area (TPSA) is 78.9 Å². The number of halogens is 3. The van der Waals surface area contributed by atoms with Gasteiger partial charge in [-0.05, 0) is 42.3 Å². The molecule has 10 heteroatoms. The van der Waals surface area contributed by atoms with Crippen molar-refractivity contribution in [2.75, 3.05) is 19.1 Å². The van der Waals surface area contributed by atoms with E-state index in [9.17, 15) is 13.2 Å². The number of ether oxygens (including phenoxy) is 3. The van der Waals surface area contributed by atoms with Crippen molar-refractivity contribution in [3.8, 4) is 11.5 Å². The van der Waals surface area contributed by atoms with Gasteiger partial charge in [0.1, 0.15) is 18.5 Å². The number of esters is 1. The predicted octanol–water partition coefficient (Wildman–Crippen LogP) is 5.80. The van der Waals surface area contributed by atoms with Crippen molar-refractivity contribution in [2.24, 2.45) is 5.92 Å². The summed E-state index contributed by atoms with van der Waals surface area (Å²) in [6.45, 7) is 5.87. The highest BCUT2D eigenvalue weighted by molar-refractivity contribution is 7.91. The van der Waals surface area contributed by atoms with Gasteiger partial charge in [0.15, 0.2) is 5.75 Å². The summed E-state index contributed by atoms with van der Waals surface area (Å²) in [7, 11) is -3.88. The summed E-state index contributed by atoms with van der Waals surface area (Å²) in [6, 6.07) is 8.67. The number of sulfone groups is 1. The van der Waals surface area contributed by atoms with Crippen LogP contribution >= 0.6 is 34.8 Å². The Bertz CT molecular complexity index is 1000. The van der Waals surface area contributed by atoms with Crippen LogP contribution in [0.4, 0.5) is 0 Å². The van der Waals surface area contributed by atoms with E-state index in [1.54, 1.807) is 12.1 Å². The molecular formula is C22H25Cl3O6S. The van der Waals surface area contributed by atoms with Gasteiger partial charge in [0.2, 0.25) is 9.84 Å². The molecule has 0 saturated carbocycles. The Morgan fingerprint density at radius 2 is 1.59 bits per heavy atom. The lowest BCUT2D eigenvalue weighted by atomic mass is 10.1. The van der Waals surface area contributed by atoms with E-state index in [1.807, 2.05) is 0 Å². The smallest absolute Gasteiger partial charge is 0.303 e. The minimum absolute atomic E-state index is 0.000675. The lowest BCUT2D eigenvalue weighted by Crippen LogP contribution is -2.25. The molecule has 0 heterocycles. The maximum Gasteiger partial charge on any atom is 0.303 e. The predicted molar refractivity (Wildman–Crippen MR) is 125 cm³/mol. The van der Waals surface area contributed by atoms with E-state index >= 15 is 0 Å². The Labute approximate surface area is 203 Å². The molecule has 0 fully saturated rings. The first-order valence-corrected chi connectivity index (χ1v) is 12.7. The molecule has 0 unspecified atom stereocenters. The van der Waals surface area contributed by atoms with Gasteiger partial charge < -0.3 is 14.2 Å². The third kappa shape index (κ3) is 7.17. The Balaban J connectivity index is 2.19. The van der Waals surface area contributed by atoms with Crippen LogP contribution in [0.5, 0.6) is 11.5 Å². The molecule has 0 amide bonds. The van der Waals surface area contributed by atoms with Crippen LogP contribution in [0.15, 0.2) is 46.2 Å². The Morgan fingerprint density at radius 1 is 1.00 bits per heavy atom. The molecular weight excluding hydrogens is 499 g/mol. The molecule has 0 N–H and O–H groups in total. The van der Waals surface area contributed by atoms with Crippen molar-refractivity contribution in [1.29, 1.82) is 0 Å². The molecule has 0 aromatic heterocycles. The maximum atomic E-state index is 13.0. The zero-order valence-corrected chi connectivity index (χ0v) is 21.0. The van der Waals surface area contributed by atoms with Gasteiger partial charge >= 0.3 is 5.97 Å². The number of hydrogen-bond acceptors (Lipinski definition) is 6. The normalized spacial score (nSPS) is 13.3. The molecule has 0 radical (unpaired) electrons. The van der Waals surface area contributed by atoms with Gasteiger partial charge in [0.05, 0.1) is 32.3 Å². The average molecular weight is 524 g/mol. The minimum Gasteiger partial charge on any atom is -0.493 e. The summed E-state index contributed by atoms with van der Waals surface area (Å²) in [5, 5.41) is 0.00135. The first-order chi connectivity index (χ1) is 15.1. The van der Waals surface area contributed by atoms with Crippen LogP contribution in [0, 0.1) is 5.92 Å². The number of hydrogen-bond donors (Lipinski definition) is 0. The molecule has 2 aromatic carbocycles. The van der Waals surface area contributed by atoms with Gasteiger partial charge in [-0.25, -0.2) is 8.42 Å². The van der Waals surface area contributed by atoms with Gasteiger partial charge in [0, 0.05) is 6.92 Å². The van der Waals surface area contributed by atoms with E-state index in [2.05, 4.69) is 13.8 Å². The summed E-state index contributed by atoms with van der Waals surface area (Å²) in [4.78, 5) is 11.1. The van der Waals surface area contributed by atoms with E-state index in [-0.39, 0.29) is 38.1 Å². The number of carbonyl (C=O) groups is 1. The standard InChI is InChI=1S/C22H25Cl3O6S/c1-4-14(2)12-29-16-5-7-18(8-6-16)32(27,28)19-9-20(24)22(21(25)10-19)30-13-17(11-23)31-15(3)26/h5-10,14,17H,4,11-13H2,1-3H3/t14-,17-/m1/s1.